The molecule has 0 radical (unpaired) electrons. The first-order valence-corrected chi connectivity index (χ1v) is 9.56. The van der Waals surface area contributed by atoms with Crippen LogP contribution < -0.4 is 5.32 Å². The lowest BCUT2D eigenvalue weighted by Gasteiger charge is -2.27. The van der Waals surface area contributed by atoms with Crippen LogP contribution in [0.5, 0.6) is 0 Å². The van der Waals surface area contributed by atoms with E-state index in [9.17, 15) is 12.8 Å². The average molecular weight is 336 g/mol. The lowest BCUT2D eigenvalue weighted by molar-refractivity contribution is 0.331. The van der Waals surface area contributed by atoms with Crippen molar-refractivity contribution in [2.45, 2.75) is 25.9 Å². The molecule has 2 aromatic carbocycles. The summed E-state index contributed by atoms with van der Waals surface area (Å²) in [6.07, 6.45) is 2.09. The Bertz CT molecular complexity index is 830. The summed E-state index contributed by atoms with van der Waals surface area (Å²) >= 11 is 0. The van der Waals surface area contributed by atoms with Crippen LogP contribution in [0.3, 0.4) is 0 Å². The SMILES string of the molecule is Cc1c(CN([C@@H]2CCNC2)S(C)(=O)=O)ccc2cc(F)ccc12. The third kappa shape index (κ3) is 3.39. The van der Waals surface area contributed by atoms with Gasteiger partial charge < -0.3 is 5.32 Å². The third-order valence-corrected chi connectivity index (χ3v) is 5.84. The van der Waals surface area contributed by atoms with Crippen molar-refractivity contribution in [2.75, 3.05) is 19.3 Å². The topological polar surface area (TPSA) is 49.4 Å². The van der Waals surface area contributed by atoms with Crippen molar-refractivity contribution in [1.29, 1.82) is 0 Å². The Morgan fingerprint density at radius 3 is 2.74 bits per heavy atom. The number of rotatable bonds is 4. The quantitative estimate of drug-likeness (QED) is 0.933. The van der Waals surface area contributed by atoms with Gasteiger partial charge in [0.25, 0.3) is 0 Å². The number of nitrogens with zero attached hydrogens (tertiary/aromatic N) is 1. The van der Waals surface area contributed by atoms with E-state index < -0.39 is 10.0 Å². The molecule has 2 aromatic rings. The van der Waals surface area contributed by atoms with Crippen LogP contribution in [-0.4, -0.2) is 38.1 Å². The predicted molar refractivity (Wildman–Crippen MR) is 90.3 cm³/mol. The van der Waals surface area contributed by atoms with Gasteiger partial charge in [0.15, 0.2) is 0 Å². The summed E-state index contributed by atoms with van der Waals surface area (Å²) in [6.45, 7) is 3.84. The summed E-state index contributed by atoms with van der Waals surface area (Å²) < 4.78 is 39.3. The van der Waals surface area contributed by atoms with Crippen molar-refractivity contribution >= 4 is 20.8 Å². The Hall–Kier alpha value is -1.50. The summed E-state index contributed by atoms with van der Waals surface area (Å²) in [4.78, 5) is 0. The number of benzene rings is 2. The second kappa shape index (κ2) is 6.19. The number of hydrogen-bond acceptors (Lipinski definition) is 3. The Balaban J connectivity index is 1.98. The van der Waals surface area contributed by atoms with Gasteiger partial charge in [0.1, 0.15) is 5.82 Å². The number of hydrogen-bond donors (Lipinski definition) is 1. The van der Waals surface area contributed by atoms with Crippen LogP contribution in [0.25, 0.3) is 10.8 Å². The number of sulfonamides is 1. The highest BCUT2D eigenvalue weighted by Crippen LogP contribution is 2.25. The average Bonchev–Trinajstić information content (AvgIpc) is 2.99. The minimum absolute atomic E-state index is 0.00619. The van der Waals surface area contributed by atoms with E-state index in [1.807, 2.05) is 19.1 Å². The molecule has 1 saturated heterocycles. The van der Waals surface area contributed by atoms with Gasteiger partial charge in [0.05, 0.1) is 6.26 Å². The third-order valence-electron chi connectivity index (χ3n) is 4.56. The number of aryl methyl sites for hydroxylation is 1. The first-order chi connectivity index (χ1) is 10.9. The summed E-state index contributed by atoms with van der Waals surface area (Å²) in [5.74, 6) is -0.264. The molecule has 23 heavy (non-hydrogen) atoms. The van der Waals surface area contributed by atoms with Crippen LogP contribution in [0.1, 0.15) is 17.5 Å². The van der Waals surface area contributed by atoms with Crippen molar-refractivity contribution in [3.63, 3.8) is 0 Å². The van der Waals surface area contributed by atoms with E-state index in [0.717, 1.165) is 34.9 Å². The molecule has 124 valence electrons. The molecular formula is C17H21FN2O2S. The molecule has 0 spiro atoms. The molecule has 1 N–H and O–H groups in total. The maximum atomic E-state index is 13.3. The molecule has 0 unspecified atom stereocenters. The molecule has 6 heteroatoms. The van der Waals surface area contributed by atoms with Crippen LogP contribution in [-0.2, 0) is 16.6 Å². The van der Waals surface area contributed by atoms with Gasteiger partial charge in [-0.25, -0.2) is 12.8 Å². The van der Waals surface area contributed by atoms with Crippen molar-refractivity contribution in [2.24, 2.45) is 0 Å². The predicted octanol–water partition coefficient (Wildman–Crippen LogP) is 2.41. The highest BCUT2D eigenvalue weighted by atomic mass is 32.2. The van der Waals surface area contributed by atoms with Crippen molar-refractivity contribution in [1.82, 2.24) is 9.62 Å². The number of fused-ring (bicyclic) bond motifs is 1. The summed E-state index contributed by atoms with van der Waals surface area (Å²) in [7, 11) is -3.29. The number of nitrogens with one attached hydrogen (secondary N) is 1. The molecule has 3 rings (SSSR count). The number of halogens is 1. The van der Waals surface area contributed by atoms with Crippen molar-refractivity contribution in [3.8, 4) is 0 Å². The maximum Gasteiger partial charge on any atom is 0.211 e. The Labute approximate surface area is 136 Å². The minimum atomic E-state index is -3.29. The molecule has 1 aliphatic rings. The molecule has 0 saturated carbocycles. The Morgan fingerprint density at radius 2 is 2.09 bits per heavy atom. The van der Waals surface area contributed by atoms with Gasteiger partial charge in [-0.2, -0.15) is 4.31 Å². The van der Waals surface area contributed by atoms with Gasteiger partial charge in [-0.15, -0.1) is 0 Å². The standard InChI is InChI=1S/C17H21FN2O2S/c1-12-14(4-3-13-9-15(18)5-6-17(12)13)11-20(23(2,21)22)16-7-8-19-10-16/h3-6,9,16,19H,7-8,10-11H2,1-2H3/t16-/m1/s1. The zero-order valence-electron chi connectivity index (χ0n) is 13.3. The molecule has 0 amide bonds. The fourth-order valence-electron chi connectivity index (χ4n) is 3.24. The second-order valence-electron chi connectivity index (χ2n) is 6.17. The second-order valence-corrected chi connectivity index (χ2v) is 8.11. The van der Waals surface area contributed by atoms with Crippen LogP contribution in [0, 0.1) is 12.7 Å². The Kier molecular flexibility index (Phi) is 4.40. The molecule has 0 bridgehead atoms. The van der Waals surface area contributed by atoms with Gasteiger partial charge in [0, 0.05) is 19.1 Å². The minimum Gasteiger partial charge on any atom is -0.315 e. The summed E-state index contributed by atoms with van der Waals surface area (Å²) in [5, 5.41) is 5.01. The van der Waals surface area contributed by atoms with Crippen molar-refractivity contribution in [3.05, 3.63) is 47.3 Å². The zero-order chi connectivity index (χ0) is 16.6. The first kappa shape index (κ1) is 16.4. The molecule has 1 heterocycles. The molecule has 1 fully saturated rings. The fraction of sp³-hybridized carbons (Fsp3) is 0.412. The molecular weight excluding hydrogens is 315 g/mol. The van der Waals surface area contributed by atoms with E-state index in [-0.39, 0.29) is 11.9 Å². The zero-order valence-corrected chi connectivity index (χ0v) is 14.2. The van der Waals surface area contributed by atoms with Crippen LogP contribution in [0.15, 0.2) is 30.3 Å². The first-order valence-electron chi connectivity index (χ1n) is 7.71. The monoisotopic (exact) mass is 336 g/mol. The van der Waals surface area contributed by atoms with Gasteiger partial charge in [-0.3, -0.25) is 0 Å². The van der Waals surface area contributed by atoms with Crippen molar-refractivity contribution < 1.29 is 12.8 Å². The highest BCUT2D eigenvalue weighted by Gasteiger charge is 2.29. The summed E-state index contributed by atoms with van der Waals surface area (Å²) in [5.41, 5.74) is 1.96. The molecule has 0 aromatic heterocycles. The fourth-order valence-corrected chi connectivity index (χ4v) is 4.34. The van der Waals surface area contributed by atoms with Gasteiger partial charge >= 0.3 is 0 Å². The van der Waals surface area contributed by atoms with Crippen LogP contribution >= 0.6 is 0 Å². The molecule has 0 aliphatic carbocycles. The molecule has 4 nitrogen and oxygen atoms in total. The van der Waals surface area contributed by atoms with Crippen LogP contribution in [0.4, 0.5) is 4.39 Å². The van der Waals surface area contributed by atoms with E-state index in [2.05, 4.69) is 5.32 Å². The van der Waals surface area contributed by atoms with Gasteiger partial charge in [-0.1, -0.05) is 18.2 Å². The highest BCUT2D eigenvalue weighted by molar-refractivity contribution is 7.88. The Morgan fingerprint density at radius 1 is 1.30 bits per heavy atom. The van der Waals surface area contributed by atoms with E-state index in [1.165, 1.54) is 18.4 Å². The van der Waals surface area contributed by atoms with Gasteiger partial charge in [-0.05, 0) is 53.9 Å². The molecule has 1 aliphatic heterocycles. The normalized spacial score (nSPS) is 18.9. The van der Waals surface area contributed by atoms with Gasteiger partial charge in [0.2, 0.25) is 10.0 Å². The maximum absolute atomic E-state index is 13.3. The van der Waals surface area contributed by atoms with E-state index in [4.69, 9.17) is 0 Å². The smallest absolute Gasteiger partial charge is 0.211 e. The largest absolute Gasteiger partial charge is 0.315 e. The van der Waals surface area contributed by atoms with Crippen LogP contribution in [0.2, 0.25) is 0 Å². The lowest BCUT2D eigenvalue weighted by Crippen LogP contribution is -2.40. The van der Waals surface area contributed by atoms with E-state index in [1.54, 1.807) is 10.4 Å². The summed E-state index contributed by atoms with van der Waals surface area (Å²) in [6, 6.07) is 8.45. The lowest BCUT2D eigenvalue weighted by atomic mass is 9.99. The molecule has 1 atom stereocenters. The van der Waals surface area contributed by atoms with E-state index >= 15 is 0 Å². The van der Waals surface area contributed by atoms with E-state index in [0.29, 0.717) is 13.1 Å².